The van der Waals surface area contributed by atoms with Gasteiger partial charge in [0.1, 0.15) is 5.82 Å². The minimum absolute atomic E-state index is 0.170. The van der Waals surface area contributed by atoms with Gasteiger partial charge in [0.25, 0.3) is 0 Å². The van der Waals surface area contributed by atoms with Gasteiger partial charge < -0.3 is 4.57 Å². The van der Waals surface area contributed by atoms with Crippen molar-refractivity contribution >= 4 is 16.8 Å². The number of aromatic nitrogens is 2. The fraction of sp³-hybridized carbons (Fsp3) is 0.429. The zero-order valence-corrected chi connectivity index (χ0v) is 10.8. The van der Waals surface area contributed by atoms with Gasteiger partial charge in [-0.3, -0.25) is 4.79 Å². The number of imidazole rings is 1. The van der Waals surface area contributed by atoms with Crippen LogP contribution in [-0.4, -0.2) is 15.3 Å². The lowest BCUT2D eigenvalue weighted by Gasteiger charge is -2.04. The van der Waals surface area contributed by atoms with Crippen LogP contribution < -0.4 is 0 Å². The van der Waals surface area contributed by atoms with Crippen molar-refractivity contribution in [1.82, 2.24) is 9.55 Å². The summed E-state index contributed by atoms with van der Waals surface area (Å²) in [6, 6.07) is 5.77. The van der Waals surface area contributed by atoms with Crippen LogP contribution in [0.4, 0.5) is 0 Å². The number of fused-ring (bicyclic) bond motifs is 1. The molecule has 2 aromatic rings. The fourth-order valence-electron chi connectivity index (χ4n) is 2.11. The second-order valence-electron chi connectivity index (χ2n) is 4.66. The smallest absolute Gasteiger partial charge is 0.162 e. The Bertz CT molecular complexity index is 567. The third-order valence-electron chi connectivity index (χ3n) is 3.07. The lowest BCUT2D eigenvalue weighted by atomic mass is 10.1. The molecule has 1 heterocycles. The molecule has 0 aliphatic carbocycles. The van der Waals surface area contributed by atoms with E-state index in [0.717, 1.165) is 22.4 Å². The maximum Gasteiger partial charge on any atom is 0.162 e. The van der Waals surface area contributed by atoms with Gasteiger partial charge in [0.05, 0.1) is 11.0 Å². The molecule has 0 aliphatic heterocycles. The Hall–Kier alpha value is -1.64. The first kappa shape index (κ1) is 11.8. The molecule has 0 saturated heterocycles. The van der Waals surface area contributed by atoms with Crippen molar-refractivity contribution in [2.45, 2.75) is 33.1 Å². The van der Waals surface area contributed by atoms with Crippen molar-refractivity contribution in [3.8, 4) is 0 Å². The summed E-state index contributed by atoms with van der Waals surface area (Å²) < 4.78 is 2.10. The standard InChI is InChI=1S/C14H18N2O/c1-5-13(17)10-6-7-12-11(8-10)15-14(9(2)3)16(12)4/h6-9H,5H2,1-4H3. The van der Waals surface area contributed by atoms with Gasteiger partial charge in [-0.25, -0.2) is 4.98 Å². The van der Waals surface area contributed by atoms with Crippen LogP contribution in [0.15, 0.2) is 18.2 Å². The molecule has 0 spiro atoms. The number of hydrogen-bond donors (Lipinski definition) is 0. The van der Waals surface area contributed by atoms with Crippen LogP contribution in [0.5, 0.6) is 0 Å². The van der Waals surface area contributed by atoms with E-state index in [1.165, 1.54) is 0 Å². The molecule has 0 N–H and O–H groups in total. The predicted molar refractivity (Wildman–Crippen MR) is 69.4 cm³/mol. The highest BCUT2D eigenvalue weighted by atomic mass is 16.1. The minimum Gasteiger partial charge on any atom is -0.331 e. The highest BCUT2D eigenvalue weighted by Gasteiger charge is 2.12. The minimum atomic E-state index is 0.170. The Morgan fingerprint density at radius 2 is 2.12 bits per heavy atom. The Balaban J connectivity index is 2.59. The van der Waals surface area contributed by atoms with E-state index in [2.05, 4.69) is 23.4 Å². The molecule has 1 aromatic carbocycles. The third kappa shape index (κ3) is 1.97. The zero-order valence-electron chi connectivity index (χ0n) is 10.8. The van der Waals surface area contributed by atoms with E-state index in [0.29, 0.717) is 12.3 Å². The van der Waals surface area contributed by atoms with Gasteiger partial charge in [0.15, 0.2) is 5.78 Å². The summed E-state index contributed by atoms with van der Waals surface area (Å²) in [4.78, 5) is 16.2. The number of Topliss-reactive ketones (excluding diaryl/α,β-unsaturated/α-hetero) is 1. The average Bonchev–Trinajstić information content (AvgIpc) is 2.65. The van der Waals surface area contributed by atoms with Crippen LogP contribution in [0, 0.1) is 0 Å². The van der Waals surface area contributed by atoms with E-state index in [-0.39, 0.29) is 5.78 Å². The second kappa shape index (κ2) is 4.32. The number of carbonyl (C=O) groups is 1. The molecule has 0 unspecified atom stereocenters. The number of carbonyl (C=O) groups excluding carboxylic acids is 1. The van der Waals surface area contributed by atoms with E-state index in [9.17, 15) is 4.79 Å². The molecule has 17 heavy (non-hydrogen) atoms. The normalized spacial score (nSPS) is 11.4. The number of ketones is 1. The van der Waals surface area contributed by atoms with E-state index in [1.54, 1.807) is 0 Å². The van der Waals surface area contributed by atoms with Crippen LogP contribution in [0.25, 0.3) is 11.0 Å². The maximum absolute atomic E-state index is 11.6. The largest absolute Gasteiger partial charge is 0.331 e. The molecule has 0 atom stereocenters. The SMILES string of the molecule is CCC(=O)c1ccc2c(c1)nc(C(C)C)n2C. The number of hydrogen-bond acceptors (Lipinski definition) is 2. The van der Waals surface area contributed by atoms with E-state index >= 15 is 0 Å². The van der Waals surface area contributed by atoms with Crippen molar-refractivity contribution < 1.29 is 4.79 Å². The molecule has 0 bridgehead atoms. The molecule has 0 amide bonds. The topological polar surface area (TPSA) is 34.9 Å². The van der Waals surface area contributed by atoms with Crippen LogP contribution >= 0.6 is 0 Å². The number of aryl methyl sites for hydroxylation is 1. The molecule has 3 nitrogen and oxygen atoms in total. The van der Waals surface area contributed by atoms with Crippen LogP contribution in [0.3, 0.4) is 0 Å². The quantitative estimate of drug-likeness (QED) is 0.758. The Labute approximate surface area is 101 Å². The van der Waals surface area contributed by atoms with Crippen molar-refractivity contribution in [3.63, 3.8) is 0 Å². The third-order valence-corrected chi connectivity index (χ3v) is 3.07. The lowest BCUT2D eigenvalue weighted by Crippen LogP contribution is -1.99. The predicted octanol–water partition coefficient (Wildman–Crippen LogP) is 3.29. The van der Waals surface area contributed by atoms with Crippen LogP contribution in [0.2, 0.25) is 0 Å². The summed E-state index contributed by atoms with van der Waals surface area (Å²) in [5.41, 5.74) is 2.75. The molecule has 3 heteroatoms. The first-order chi connectivity index (χ1) is 8.04. The van der Waals surface area contributed by atoms with E-state index in [4.69, 9.17) is 0 Å². The fourth-order valence-corrected chi connectivity index (χ4v) is 2.11. The van der Waals surface area contributed by atoms with Crippen LogP contribution in [0.1, 0.15) is 49.3 Å². The molecule has 1 aromatic heterocycles. The molecular weight excluding hydrogens is 212 g/mol. The maximum atomic E-state index is 11.6. The average molecular weight is 230 g/mol. The van der Waals surface area contributed by atoms with Crippen molar-refractivity contribution in [3.05, 3.63) is 29.6 Å². The van der Waals surface area contributed by atoms with E-state index in [1.807, 2.05) is 32.2 Å². The zero-order chi connectivity index (χ0) is 12.6. The highest BCUT2D eigenvalue weighted by Crippen LogP contribution is 2.21. The molecule has 0 aliphatic rings. The summed E-state index contributed by atoms with van der Waals surface area (Å²) >= 11 is 0. The van der Waals surface area contributed by atoms with Gasteiger partial charge in [-0.2, -0.15) is 0 Å². The van der Waals surface area contributed by atoms with Crippen molar-refractivity contribution in [1.29, 1.82) is 0 Å². The molecule has 0 saturated carbocycles. The van der Waals surface area contributed by atoms with Gasteiger partial charge >= 0.3 is 0 Å². The molecule has 2 rings (SSSR count). The highest BCUT2D eigenvalue weighted by molar-refractivity contribution is 5.98. The van der Waals surface area contributed by atoms with Gasteiger partial charge in [-0.15, -0.1) is 0 Å². The number of nitrogens with zero attached hydrogens (tertiary/aromatic N) is 2. The monoisotopic (exact) mass is 230 g/mol. The van der Waals surface area contributed by atoms with Gasteiger partial charge in [0, 0.05) is 24.9 Å². The van der Waals surface area contributed by atoms with Crippen molar-refractivity contribution in [2.75, 3.05) is 0 Å². The summed E-state index contributed by atoms with van der Waals surface area (Å²) in [6.45, 7) is 6.13. The van der Waals surface area contributed by atoms with Gasteiger partial charge in [0.2, 0.25) is 0 Å². The number of benzene rings is 1. The van der Waals surface area contributed by atoms with Gasteiger partial charge in [-0.1, -0.05) is 20.8 Å². The molecule has 0 fully saturated rings. The summed E-state index contributed by atoms with van der Waals surface area (Å²) in [5.74, 6) is 1.61. The summed E-state index contributed by atoms with van der Waals surface area (Å²) in [7, 11) is 2.02. The number of rotatable bonds is 3. The Morgan fingerprint density at radius 1 is 1.41 bits per heavy atom. The summed E-state index contributed by atoms with van der Waals surface area (Å²) in [6.07, 6.45) is 0.537. The lowest BCUT2D eigenvalue weighted by molar-refractivity contribution is 0.0988. The second-order valence-corrected chi connectivity index (χ2v) is 4.66. The van der Waals surface area contributed by atoms with E-state index < -0.39 is 0 Å². The molecule has 90 valence electrons. The first-order valence-corrected chi connectivity index (χ1v) is 6.04. The Morgan fingerprint density at radius 3 is 2.71 bits per heavy atom. The van der Waals surface area contributed by atoms with Crippen LogP contribution in [-0.2, 0) is 7.05 Å². The van der Waals surface area contributed by atoms with Crippen molar-refractivity contribution in [2.24, 2.45) is 7.05 Å². The molecular formula is C14H18N2O. The Kier molecular flexibility index (Phi) is 3.01. The first-order valence-electron chi connectivity index (χ1n) is 6.04. The summed E-state index contributed by atoms with van der Waals surface area (Å²) in [5, 5.41) is 0. The molecule has 0 radical (unpaired) electrons. The van der Waals surface area contributed by atoms with Gasteiger partial charge in [-0.05, 0) is 18.2 Å².